The maximum Gasteiger partial charge on any atom is 0.410 e. The van der Waals surface area contributed by atoms with Crippen LogP contribution >= 0.6 is 15.9 Å². The molecule has 0 radical (unpaired) electrons. The van der Waals surface area contributed by atoms with Crippen LogP contribution in [0, 0.1) is 6.92 Å². The molecule has 1 amide bonds. The first kappa shape index (κ1) is 23.9. The lowest BCUT2D eigenvalue weighted by Crippen LogP contribution is -2.50. The number of nitrogens with zero attached hydrogens (tertiary/aromatic N) is 5. The van der Waals surface area contributed by atoms with Gasteiger partial charge in [-0.05, 0) is 86.1 Å². The molecule has 186 valence electrons. The molecule has 0 unspecified atom stereocenters. The van der Waals surface area contributed by atoms with Gasteiger partial charge in [-0.1, -0.05) is 0 Å². The van der Waals surface area contributed by atoms with Gasteiger partial charge in [-0.25, -0.2) is 14.8 Å². The minimum atomic E-state index is -0.482. The fraction of sp³-hybridized carbons (Fsp3) is 0.500. The van der Waals surface area contributed by atoms with Crippen LogP contribution in [0.25, 0.3) is 5.65 Å². The number of halogens is 1. The molecule has 0 atom stereocenters. The van der Waals surface area contributed by atoms with Crippen LogP contribution in [0.4, 0.5) is 16.2 Å². The lowest BCUT2D eigenvalue weighted by atomic mass is 10.1. The summed E-state index contributed by atoms with van der Waals surface area (Å²) in [7, 11) is 0. The molecule has 0 spiro atoms. The highest BCUT2D eigenvalue weighted by Gasteiger charge is 2.29. The zero-order valence-electron chi connectivity index (χ0n) is 20.8. The molecule has 1 saturated carbocycles. The number of piperazine rings is 1. The van der Waals surface area contributed by atoms with Gasteiger partial charge in [-0.3, -0.25) is 0 Å². The van der Waals surface area contributed by atoms with E-state index >= 15 is 0 Å². The van der Waals surface area contributed by atoms with Gasteiger partial charge < -0.3 is 24.3 Å². The number of pyridine rings is 2. The van der Waals surface area contributed by atoms with Crippen molar-refractivity contribution in [3.05, 3.63) is 52.1 Å². The number of imidazole rings is 1. The average Bonchev–Trinajstić information content (AvgIpc) is 3.55. The summed E-state index contributed by atoms with van der Waals surface area (Å²) in [6.45, 7) is 11.1. The molecule has 2 aliphatic rings. The lowest BCUT2D eigenvalue weighted by Gasteiger charge is -2.37. The van der Waals surface area contributed by atoms with E-state index in [9.17, 15) is 4.79 Å². The zero-order chi connectivity index (χ0) is 24.7. The summed E-state index contributed by atoms with van der Waals surface area (Å²) in [4.78, 5) is 26.0. The van der Waals surface area contributed by atoms with Gasteiger partial charge in [0, 0.05) is 50.0 Å². The van der Waals surface area contributed by atoms with Gasteiger partial charge in [-0.2, -0.15) is 0 Å². The Balaban J connectivity index is 1.35. The number of hydrogen-bond acceptors (Lipinski definition) is 6. The maximum atomic E-state index is 12.5. The van der Waals surface area contributed by atoms with Crippen LogP contribution in [0.5, 0.6) is 0 Å². The van der Waals surface area contributed by atoms with E-state index in [1.54, 1.807) is 4.90 Å². The van der Waals surface area contributed by atoms with Gasteiger partial charge in [0.1, 0.15) is 10.2 Å². The lowest BCUT2D eigenvalue weighted by molar-refractivity contribution is 0.0240. The highest BCUT2D eigenvalue weighted by atomic mass is 79.9. The van der Waals surface area contributed by atoms with E-state index in [0.717, 1.165) is 46.1 Å². The van der Waals surface area contributed by atoms with Crippen molar-refractivity contribution in [1.82, 2.24) is 19.3 Å². The fourth-order valence-corrected chi connectivity index (χ4v) is 5.02. The molecule has 35 heavy (non-hydrogen) atoms. The van der Waals surface area contributed by atoms with Crippen LogP contribution < -0.4 is 10.2 Å². The van der Waals surface area contributed by atoms with Crippen molar-refractivity contribution in [1.29, 1.82) is 0 Å². The second kappa shape index (κ2) is 9.33. The molecule has 3 aromatic rings. The quantitative estimate of drug-likeness (QED) is 0.440. The first-order valence-electron chi connectivity index (χ1n) is 12.3. The standard InChI is InChI=1S/C26H33BrN6O2/c1-17-11-20(13-23(27)29-17)28-14-21-16-33-15-19(18-5-6-18)12-22(24(33)30-21)31-7-9-32(10-8-31)25(34)35-26(2,3)4/h11-13,15-16,18H,5-10,14H2,1-4H3,(H,28,29). The summed E-state index contributed by atoms with van der Waals surface area (Å²) in [5, 5.41) is 3.47. The van der Waals surface area contributed by atoms with Gasteiger partial charge >= 0.3 is 6.09 Å². The van der Waals surface area contributed by atoms with E-state index < -0.39 is 5.60 Å². The molecule has 1 aliphatic carbocycles. The topological polar surface area (TPSA) is 75.0 Å². The number of carbonyl (C=O) groups excluding carboxylic acids is 1. The molecule has 4 heterocycles. The predicted octanol–water partition coefficient (Wildman–Crippen LogP) is 5.35. The largest absolute Gasteiger partial charge is 0.444 e. The van der Waals surface area contributed by atoms with Gasteiger partial charge in [0.05, 0.1) is 17.9 Å². The van der Waals surface area contributed by atoms with Gasteiger partial charge in [-0.15, -0.1) is 0 Å². The van der Waals surface area contributed by atoms with Crippen molar-refractivity contribution < 1.29 is 9.53 Å². The highest BCUT2D eigenvalue weighted by molar-refractivity contribution is 9.10. The molecular formula is C26H33BrN6O2. The Hall–Kier alpha value is -2.81. The van der Waals surface area contributed by atoms with Crippen LogP contribution in [-0.2, 0) is 11.3 Å². The van der Waals surface area contributed by atoms with Gasteiger partial charge in [0.15, 0.2) is 5.65 Å². The number of nitrogens with one attached hydrogen (secondary N) is 1. The number of carbonyl (C=O) groups is 1. The summed E-state index contributed by atoms with van der Waals surface area (Å²) < 4.78 is 8.56. The molecule has 0 aromatic carbocycles. The van der Waals surface area contributed by atoms with E-state index in [-0.39, 0.29) is 6.09 Å². The summed E-state index contributed by atoms with van der Waals surface area (Å²) in [5.74, 6) is 0.641. The monoisotopic (exact) mass is 540 g/mol. The summed E-state index contributed by atoms with van der Waals surface area (Å²) in [6.07, 6.45) is 6.61. The second-order valence-corrected chi connectivity index (χ2v) is 11.3. The van der Waals surface area contributed by atoms with E-state index in [2.05, 4.69) is 54.0 Å². The van der Waals surface area contributed by atoms with Crippen molar-refractivity contribution in [2.75, 3.05) is 36.4 Å². The van der Waals surface area contributed by atoms with Crippen LogP contribution in [0.15, 0.2) is 35.2 Å². The molecule has 0 bridgehead atoms. The Bertz CT molecular complexity index is 1220. The number of anilines is 2. The van der Waals surface area contributed by atoms with Crippen molar-refractivity contribution in [3.63, 3.8) is 0 Å². The number of ether oxygens (including phenoxy) is 1. The first-order valence-corrected chi connectivity index (χ1v) is 13.1. The Morgan fingerprint density at radius 1 is 1.11 bits per heavy atom. The Labute approximate surface area is 214 Å². The number of aryl methyl sites for hydroxylation is 1. The molecule has 3 aromatic heterocycles. The third kappa shape index (κ3) is 5.72. The minimum Gasteiger partial charge on any atom is -0.444 e. The third-order valence-corrected chi connectivity index (χ3v) is 6.73. The van der Waals surface area contributed by atoms with Crippen LogP contribution in [0.1, 0.15) is 56.5 Å². The summed E-state index contributed by atoms with van der Waals surface area (Å²) in [5.41, 5.74) is 5.95. The maximum absolute atomic E-state index is 12.5. The van der Waals surface area contributed by atoms with E-state index in [1.165, 1.54) is 18.4 Å². The normalized spacial score (nSPS) is 16.6. The molecule has 1 N–H and O–H groups in total. The summed E-state index contributed by atoms with van der Waals surface area (Å²) in [6, 6.07) is 6.31. The van der Waals surface area contributed by atoms with E-state index in [0.29, 0.717) is 25.6 Å². The number of amides is 1. The Morgan fingerprint density at radius 3 is 2.51 bits per heavy atom. The minimum absolute atomic E-state index is 0.235. The second-order valence-electron chi connectivity index (χ2n) is 10.5. The number of rotatable bonds is 5. The summed E-state index contributed by atoms with van der Waals surface area (Å²) >= 11 is 3.47. The van der Waals surface area contributed by atoms with E-state index in [1.807, 2.05) is 39.8 Å². The fourth-order valence-electron chi connectivity index (χ4n) is 4.49. The smallest absolute Gasteiger partial charge is 0.410 e. The first-order chi connectivity index (χ1) is 16.6. The molecular weight excluding hydrogens is 508 g/mol. The van der Waals surface area contributed by atoms with Gasteiger partial charge in [0.2, 0.25) is 0 Å². The zero-order valence-corrected chi connectivity index (χ0v) is 22.4. The number of fused-ring (bicyclic) bond motifs is 1. The SMILES string of the molecule is Cc1cc(NCc2cn3cc(C4CC4)cc(N4CCN(C(=O)OC(C)(C)C)CC4)c3n2)cc(Br)n1. The molecule has 5 rings (SSSR count). The number of aromatic nitrogens is 3. The predicted molar refractivity (Wildman–Crippen MR) is 141 cm³/mol. The molecule has 8 nitrogen and oxygen atoms in total. The Morgan fingerprint density at radius 2 is 1.86 bits per heavy atom. The van der Waals surface area contributed by atoms with Crippen LogP contribution in [-0.4, -0.2) is 57.1 Å². The van der Waals surface area contributed by atoms with Crippen molar-refractivity contribution in [2.45, 2.75) is 58.6 Å². The van der Waals surface area contributed by atoms with Gasteiger partial charge in [0.25, 0.3) is 0 Å². The third-order valence-electron chi connectivity index (χ3n) is 6.32. The van der Waals surface area contributed by atoms with Crippen LogP contribution in [0.2, 0.25) is 0 Å². The molecule has 1 saturated heterocycles. The van der Waals surface area contributed by atoms with E-state index in [4.69, 9.17) is 9.72 Å². The van der Waals surface area contributed by atoms with Crippen molar-refractivity contribution >= 4 is 39.0 Å². The molecule has 2 fully saturated rings. The van der Waals surface area contributed by atoms with Crippen molar-refractivity contribution in [3.8, 4) is 0 Å². The van der Waals surface area contributed by atoms with Crippen molar-refractivity contribution in [2.24, 2.45) is 0 Å². The van der Waals surface area contributed by atoms with Crippen LogP contribution in [0.3, 0.4) is 0 Å². The molecule has 1 aliphatic heterocycles. The Kier molecular flexibility index (Phi) is 6.38. The highest BCUT2D eigenvalue weighted by Crippen LogP contribution is 2.42. The molecule has 9 heteroatoms. The average molecular weight is 541 g/mol. The number of hydrogen-bond donors (Lipinski definition) is 1.